The van der Waals surface area contributed by atoms with Crippen molar-refractivity contribution in [2.24, 2.45) is 0 Å². The van der Waals surface area contributed by atoms with Crippen molar-refractivity contribution in [2.75, 3.05) is 26.4 Å². The van der Waals surface area contributed by atoms with E-state index in [2.05, 4.69) is 47.5 Å². The summed E-state index contributed by atoms with van der Waals surface area (Å²) >= 11 is 1.28. The first-order valence-corrected chi connectivity index (χ1v) is 22.3. The van der Waals surface area contributed by atoms with Crippen LogP contribution in [0, 0.1) is 0 Å². The molecule has 3 aromatic heterocycles. The Bertz CT molecular complexity index is 1540. The summed E-state index contributed by atoms with van der Waals surface area (Å²) in [6, 6.07) is 4.44. The van der Waals surface area contributed by atoms with E-state index in [9.17, 15) is 0 Å². The summed E-state index contributed by atoms with van der Waals surface area (Å²) in [7, 11) is 0. The molecule has 2 aliphatic rings. The summed E-state index contributed by atoms with van der Waals surface area (Å²) in [5.74, 6) is 3.36. The molecule has 0 unspecified atom stereocenters. The molecule has 0 fully saturated rings. The van der Waals surface area contributed by atoms with Gasteiger partial charge in [-0.1, -0.05) is 129 Å². The maximum Gasteiger partial charge on any atom is 0.187 e. The molecule has 4 aromatic rings. The summed E-state index contributed by atoms with van der Waals surface area (Å²) < 4.78 is 39.9. The van der Waals surface area contributed by atoms with E-state index >= 15 is 0 Å². The number of aryl methyl sites for hydroxylation is 2. The Kier molecular flexibility index (Phi) is 16.1. The predicted octanol–water partition coefficient (Wildman–Crippen LogP) is 12.8. The number of fused-ring (bicyclic) bond motifs is 3. The summed E-state index contributed by atoms with van der Waals surface area (Å²) in [6.07, 6.45) is 32.5. The molecule has 53 heavy (non-hydrogen) atoms. The highest BCUT2D eigenvalue weighted by Crippen LogP contribution is 2.48. The van der Waals surface area contributed by atoms with Crippen LogP contribution in [0.1, 0.15) is 155 Å². The van der Waals surface area contributed by atoms with Crippen LogP contribution in [0.3, 0.4) is 0 Å². The summed E-state index contributed by atoms with van der Waals surface area (Å²) in [4.78, 5) is 0. The number of ether oxygens (including phenoxy) is 4. The van der Waals surface area contributed by atoms with E-state index in [0.29, 0.717) is 26.4 Å². The Balaban J connectivity index is 1.19. The van der Waals surface area contributed by atoms with E-state index in [4.69, 9.17) is 27.7 Å². The molecule has 9 heteroatoms. The molecule has 292 valence electrons. The van der Waals surface area contributed by atoms with Crippen molar-refractivity contribution in [3.8, 4) is 45.5 Å². The molecule has 0 atom stereocenters. The van der Waals surface area contributed by atoms with Crippen LogP contribution in [0.25, 0.3) is 33.5 Å². The van der Waals surface area contributed by atoms with Crippen molar-refractivity contribution in [1.29, 1.82) is 0 Å². The molecule has 0 bridgehead atoms. The van der Waals surface area contributed by atoms with E-state index in [-0.39, 0.29) is 0 Å². The van der Waals surface area contributed by atoms with Gasteiger partial charge in [0.2, 0.25) is 0 Å². The molecule has 6 rings (SSSR count). The predicted molar refractivity (Wildman–Crippen MR) is 219 cm³/mol. The van der Waals surface area contributed by atoms with E-state index in [0.717, 1.165) is 95.3 Å². The van der Waals surface area contributed by atoms with Gasteiger partial charge in [0.05, 0.1) is 61.9 Å². The lowest BCUT2D eigenvalue weighted by Gasteiger charge is -2.15. The van der Waals surface area contributed by atoms with E-state index < -0.39 is 0 Å². The van der Waals surface area contributed by atoms with Gasteiger partial charge < -0.3 is 28.1 Å². The smallest absolute Gasteiger partial charge is 0.187 e. The van der Waals surface area contributed by atoms with Gasteiger partial charge in [-0.3, -0.25) is 0 Å². The zero-order valence-corrected chi connectivity index (χ0v) is 33.8. The number of hydrogen-bond acceptors (Lipinski definition) is 7. The van der Waals surface area contributed by atoms with E-state index in [1.165, 1.54) is 127 Å². The van der Waals surface area contributed by atoms with Crippen LogP contribution in [0.5, 0.6) is 23.0 Å². The third-order valence-electron chi connectivity index (χ3n) is 11.0. The van der Waals surface area contributed by atoms with Crippen molar-refractivity contribution in [3.05, 3.63) is 24.5 Å². The zero-order chi connectivity index (χ0) is 36.5. The van der Waals surface area contributed by atoms with Crippen molar-refractivity contribution in [3.63, 3.8) is 0 Å². The highest BCUT2D eigenvalue weighted by molar-refractivity contribution is 7.00. The maximum absolute atomic E-state index is 6.42. The topological polar surface area (TPSA) is 72.6 Å². The first kappa shape index (κ1) is 39.5. The molecule has 0 saturated carbocycles. The van der Waals surface area contributed by atoms with Gasteiger partial charge in [-0.15, -0.1) is 0 Å². The second-order valence-electron chi connectivity index (χ2n) is 15.3. The largest absolute Gasteiger partial charge is 0.488 e. The number of nitrogens with zero attached hydrogens (tertiary/aromatic N) is 4. The van der Waals surface area contributed by atoms with Crippen LogP contribution in [-0.4, -0.2) is 44.3 Å². The number of rotatable bonds is 24. The van der Waals surface area contributed by atoms with Crippen LogP contribution >= 0.6 is 11.7 Å². The fraction of sp³-hybridized carbons (Fsp3) is 0.682. The molecule has 0 amide bonds. The van der Waals surface area contributed by atoms with Crippen LogP contribution in [0.15, 0.2) is 24.5 Å². The number of aromatic nitrogens is 4. The fourth-order valence-electron chi connectivity index (χ4n) is 8.03. The molecule has 1 aromatic carbocycles. The molecular weight excluding hydrogens is 681 g/mol. The normalized spacial score (nSPS) is 14.2. The van der Waals surface area contributed by atoms with Gasteiger partial charge in [0.15, 0.2) is 23.0 Å². The first-order chi connectivity index (χ1) is 26.3. The zero-order valence-electron chi connectivity index (χ0n) is 32.9. The lowest BCUT2D eigenvalue weighted by molar-refractivity contribution is 0.293. The lowest BCUT2D eigenvalue weighted by Crippen LogP contribution is -2.05. The minimum absolute atomic E-state index is 0.648. The molecule has 2 aliphatic heterocycles. The molecule has 8 nitrogen and oxygen atoms in total. The Hall–Kier alpha value is -3.20. The van der Waals surface area contributed by atoms with Crippen LogP contribution in [0.2, 0.25) is 0 Å². The Labute approximate surface area is 323 Å². The van der Waals surface area contributed by atoms with Gasteiger partial charge in [-0.2, -0.15) is 8.75 Å². The summed E-state index contributed by atoms with van der Waals surface area (Å²) in [5.41, 5.74) is 6.02. The van der Waals surface area contributed by atoms with Gasteiger partial charge in [-0.05, 0) is 25.0 Å². The molecule has 0 radical (unpaired) electrons. The Morgan fingerprint density at radius 1 is 0.491 bits per heavy atom. The molecule has 0 aliphatic carbocycles. The SMILES string of the molecule is CCCCCCCCCCCCn1cc2c(c1-c1ccc(-c3c4c(cn3CCCCCCCCCCCC)OCCCO4)c3nsnc13)OCCCO2. The van der Waals surface area contributed by atoms with Gasteiger partial charge in [0.25, 0.3) is 0 Å². The van der Waals surface area contributed by atoms with Gasteiger partial charge >= 0.3 is 0 Å². The third-order valence-corrected chi connectivity index (χ3v) is 11.5. The second kappa shape index (κ2) is 21.6. The van der Waals surface area contributed by atoms with Crippen molar-refractivity contribution >= 4 is 22.8 Å². The minimum atomic E-state index is 0.648. The van der Waals surface area contributed by atoms with Gasteiger partial charge in [-0.25, -0.2) is 0 Å². The summed E-state index contributed by atoms with van der Waals surface area (Å²) in [6.45, 7) is 9.06. The van der Waals surface area contributed by atoms with E-state index in [1.807, 2.05) is 0 Å². The van der Waals surface area contributed by atoms with Crippen LogP contribution < -0.4 is 18.9 Å². The monoisotopic (exact) mass is 746 g/mol. The number of benzene rings is 1. The first-order valence-electron chi connectivity index (χ1n) is 21.5. The number of hydrogen-bond donors (Lipinski definition) is 0. The Morgan fingerprint density at radius 2 is 0.849 bits per heavy atom. The highest BCUT2D eigenvalue weighted by atomic mass is 32.1. The second-order valence-corrected chi connectivity index (χ2v) is 15.8. The standard InChI is InChI=1S/C44H66N4O4S/c1-3-5-7-9-11-13-15-17-19-21-27-47-33-37-43(51-31-23-29-49-37)41(47)35-25-26-36(40-39(35)45-53-46-40)42-44-38(50-30-24-32-52-44)34-48(42)28-22-20-18-16-14-12-10-8-6-4-2/h25-26,33-34H,3-24,27-32H2,1-2H3. The maximum atomic E-state index is 6.42. The van der Waals surface area contributed by atoms with Crippen LogP contribution in [-0.2, 0) is 13.1 Å². The highest BCUT2D eigenvalue weighted by Gasteiger charge is 2.28. The van der Waals surface area contributed by atoms with Gasteiger partial charge in [0, 0.05) is 37.1 Å². The number of unbranched alkanes of at least 4 members (excludes halogenated alkanes) is 18. The summed E-state index contributed by atoms with van der Waals surface area (Å²) in [5, 5.41) is 0. The molecule has 5 heterocycles. The third kappa shape index (κ3) is 10.7. The van der Waals surface area contributed by atoms with Crippen molar-refractivity contribution in [1.82, 2.24) is 17.9 Å². The fourth-order valence-corrected chi connectivity index (χ4v) is 8.61. The van der Waals surface area contributed by atoms with Crippen molar-refractivity contribution in [2.45, 2.75) is 168 Å². The molecule has 0 N–H and O–H groups in total. The molecule has 0 spiro atoms. The molecular formula is C44H66N4O4S. The van der Waals surface area contributed by atoms with E-state index in [1.54, 1.807) is 0 Å². The average Bonchev–Trinajstić information content (AvgIpc) is 3.78. The van der Waals surface area contributed by atoms with Gasteiger partial charge in [0.1, 0.15) is 11.0 Å². The average molecular weight is 747 g/mol. The Morgan fingerprint density at radius 3 is 1.25 bits per heavy atom. The lowest BCUT2D eigenvalue weighted by atomic mass is 10.0. The van der Waals surface area contributed by atoms with Crippen molar-refractivity contribution < 1.29 is 18.9 Å². The minimum Gasteiger partial charge on any atom is -0.488 e. The quantitative estimate of drug-likeness (QED) is 0.0665. The molecule has 0 saturated heterocycles. The van der Waals surface area contributed by atoms with Crippen LogP contribution in [0.4, 0.5) is 0 Å².